The van der Waals surface area contributed by atoms with Crippen LogP contribution in [0, 0.1) is 3.57 Å². The summed E-state index contributed by atoms with van der Waals surface area (Å²) in [5.41, 5.74) is 0.371. The number of aromatic hydroxyl groups is 1. The summed E-state index contributed by atoms with van der Waals surface area (Å²) in [5.74, 6) is -0.121. The van der Waals surface area contributed by atoms with Crippen molar-refractivity contribution >= 4 is 28.6 Å². The van der Waals surface area contributed by atoms with Gasteiger partial charge >= 0.3 is 5.97 Å². The number of phenolic OH excluding ortho intramolecular Hbond substituents is 1. The fourth-order valence-corrected chi connectivity index (χ4v) is 1.66. The predicted molar refractivity (Wildman–Crippen MR) is 63.3 cm³/mol. The van der Waals surface area contributed by atoms with Crippen LogP contribution in [-0.2, 0) is 4.74 Å². The van der Waals surface area contributed by atoms with E-state index in [9.17, 15) is 9.90 Å². The van der Waals surface area contributed by atoms with Gasteiger partial charge in [0.2, 0.25) is 0 Å². The zero-order valence-corrected chi connectivity index (χ0v) is 10.6. The van der Waals surface area contributed by atoms with E-state index in [4.69, 9.17) is 9.47 Å². The second-order valence-corrected chi connectivity index (χ2v) is 3.89. The zero-order chi connectivity index (χ0) is 11.4. The van der Waals surface area contributed by atoms with Crippen molar-refractivity contribution in [2.75, 3.05) is 13.7 Å². The normalized spacial score (nSPS) is 9.80. The van der Waals surface area contributed by atoms with Gasteiger partial charge in [-0.15, -0.1) is 0 Å². The number of benzene rings is 1. The number of rotatable bonds is 3. The van der Waals surface area contributed by atoms with Crippen molar-refractivity contribution in [2.45, 2.75) is 6.92 Å². The summed E-state index contributed by atoms with van der Waals surface area (Å²) in [5, 5.41) is 9.55. The van der Waals surface area contributed by atoms with Crippen LogP contribution in [0.1, 0.15) is 17.3 Å². The van der Waals surface area contributed by atoms with Gasteiger partial charge in [0.15, 0.2) is 11.5 Å². The number of hydrogen-bond acceptors (Lipinski definition) is 4. The number of phenols is 1. The van der Waals surface area contributed by atoms with Crippen molar-refractivity contribution in [3.8, 4) is 11.5 Å². The van der Waals surface area contributed by atoms with Gasteiger partial charge in [-0.1, -0.05) is 0 Å². The van der Waals surface area contributed by atoms with Gasteiger partial charge in [0, 0.05) is 0 Å². The largest absolute Gasteiger partial charge is 0.504 e. The van der Waals surface area contributed by atoms with E-state index < -0.39 is 5.97 Å². The minimum Gasteiger partial charge on any atom is -0.504 e. The number of carbonyl (C=O) groups is 1. The second-order valence-electron chi connectivity index (χ2n) is 2.73. The van der Waals surface area contributed by atoms with E-state index in [0.717, 1.165) is 0 Å². The van der Waals surface area contributed by atoms with E-state index in [-0.39, 0.29) is 11.5 Å². The summed E-state index contributed by atoms with van der Waals surface area (Å²) >= 11 is 1.92. The van der Waals surface area contributed by atoms with Crippen LogP contribution in [0.2, 0.25) is 0 Å². The third-order valence-electron chi connectivity index (χ3n) is 1.76. The molecule has 0 saturated carbocycles. The highest BCUT2D eigenvalue weighted by Crippen LogP contribution is 2.32. The first kappa shape index (κ1) is 12.1. The minimum atomic E-state index is -0.422. The summed E-state index contributed by atoms with van der Waals surface area (Å²) in [7, 11) is 1.43. The Morgan fingerprint density at radius 2 is 2.20 bits per heavy atom. The predicted octanol–water partition coefficient (Wildman–Crippen LogP) is 2.18. The minimum absolute atomic E-state index is 0.0335. The molecule has 0 amide bonds. The van der Waals surface area contributed by atoms with Crippen molar-refractivity contribution in [3.63, 3.8) is 0 Å². The molecule has 0 aromatic heterocycles. The number of esters is 1. The molecule has 5 heteroatoms. The number of carbonyl (C=O) groups excluding carboxylic acids is 1. The molecule has 1 aromatic rings. The van der Waals surface area contributed by atoms with Crippen LogP contribution in [0.3, 0.4) is 0 Å². The zero-order valence-electron chi connectivity index (χ0n) is 8.41. The molecule has 4 nitrogen and oxygen atoms in total. The number of ether oxygens (including phenoxy) is 2. The molecule has 82 valence electrons. The van der Waals surface area contributed by atoms with Crippen molar-refractivity contribution in [1.29, 1.82) is 0 Å². The highest BCUT2D eigenvalue weighted by Gasteiger charge is 2.13. The van der Waals surface area contributed by atoms with Gasteiger partial charge in [0.05, 0.1) is 22.9 Å². The number of halogens is 1. The van der Waals surface area contributed by atoms with Crippen LogP contribution in [0.15, 0.2) is 12.1 Å². The van der Waals surface area contributed by atoms with Crippen LogP contribution < -0.4 is 4.74 Å². The molecule has 15 heavy (non-hydrogen) atoms. The third-order valence-corrected chi connectivity index (χ3v) is 2.58. The molecule has 0 aliphatic rings. The number of methoxy groups -OCH3 is 1. The van der Waals surface area contributed by atoms with Gasteiger partial charge in [0.1, 0.15) is 0 Å². The summed E-state index contributed by atoms with van der Waals surface area (Å²) in [6.45, 7) is 2.05. The van der Waals surface area contributed by atoms with E-state index in [1.54, 1.807) is 13.0 Å². The summed E-state index contributed by atoms with van der Waals surface area (Å²) in [6.07, 6.45) is 0. The molecule has 0 saturated heterocycles. The van der Waals surface area contributed by atoms with Crippen LogP contribution in [0.25, 0.3) is 0 Å². The lowest BCUT2D eigenvalue weighted by Crippen LogP contribution is -2.05. The van der Waals surface area contributed by atoms with E-state index in [1.165, 1.54) is 13.2 Å². The summed E-state index contributed by atoms with van der Waals surface area (Å²) < 4.78 is 10.3. The van der Waals surface area contributed by atoms with Crippen molar-refractivity contribution in [3.05, 3.63) is 21.3 Å². The van der Waals surface area contributed by atoms with E-state index >= 15 is 0 Å². The Morgan fingerprint density at radius 1 is 1.53 bits per heavy atom. The Labute approximate surface area is 101 Å². The maximum absolute atomic E-state index is 11.4. The molecule has 0 radical (unpaired) electrons. The van der Waals surface area contributed by atoms with Crippen LogP contribution in [-0.4, -0.2) is 24.8 Å². The summed E-state index contributed by atoms with van der Waals surface area (Å²) in [6, 6.07) is 3.01. The smallest absolute Gasteiger partial charge is 0.338 e. The van der Waals surface area contributed by atoms with Crippen molar-refractivity contribution in [2.24, 2.45) is 0 Å². The number of hydrogen-bond donors (Lipinski definition) is 1. The Bertz CT molecular complexity index is 376. The molecule has 1 rings (SSSR count). The Balaban J connectivity index is 3.10. The topological polar surface area (TPSA) is 55.8 Å². The van der Waals surface area contributed by atoms with Crippen LogP contribution in [0.4, 0.5) is 0 Å². The molecule has 0 fully saturated rings. The van der Waals surface area contributed by atoms with Gasteiger partial charge in [-0.25, -0.2) is 4.79 Å². The van der Waals surface area contributed by atoms with Gasteiger partial charge in [0.25, 0.3) is 0 Å². The Kier molecular flexibility index (Phi) is 4.19. The fourth-order valence-electron chi connectivity index (χ4n) is 1.06. The average Bonchev–Trinajstić information content (AvgIpc) is 2.22. The lowest BCUT2D eigenvalue weighted by atomic mass is 10.2. The average molecular weight is 322 g/mol. The molecule has 0 heterocycles. The first-order chi connectivity index (χ1) is 7.10. The van der Waals surface area contributed by atoms with Gasteiger partial charge in [-0.3, -0.25) is 0 Å². The molecular formula is C10H11IO4. The highest BCUT2D eigenvalue weighted by molar-refractivity contribution is 14.1. The SMILES string of the molecule is CCOC(=O)c1cc(I)c(O)c(OC)c1. The second kappa shape index (κ2) is 5.20. The first-order valence-electron chi connectivity index (χ1n) is 4.33. The van der Waals surface area contributed by atoms with E-state index in [1.807, 2.05) is 22.6 Å². The Hall–Kier alpha value is -0.980. The molecule has 1 N–H and O–H groups in total. The van der Waals surface area contributed by atoms with E-state index in [0.29, 0.717) is 15.7 Å². The molecule has 0 bridgehead atoms. The van der Waals surface area contributed by atoms with Gasteiger partial charge in [-0.05, 0) is 41.6 Å². The van der Waals surface area contributed by atoms with Crippen molar-refractivity contribution in [1.82, 2.24) is 0 Å². The van der Waals surface area contributed by atoms with E-state index in [2.05, 4.69) is 0 Å². The standard InChI is InChI=1S/C10H11IO4/c1-3-15-10(13)6-4-7(11)9(12)8(5-6)14-2/h4-5,12H,3H2,1-2H3. The fraction of sp³-hybridized carbons (Fsp3) is 0.300. The molecule has 0 aliphatic heterocycles. The highest BCUT2D eigenvalue weighted by atomic mass is 127. The quantitative estimate of drug-likeness (QED) is 0.685. The summed E-state index contributed by atoms with van der Waals surface area (Å²) in [4.78, 5) is 11.4. The Morgan fingerprint density at radius 3 is 2.73 bits per heavy atom. The molecule has 0 unspecified atom stereocenters. The van der Waals surface area contributed by atoms with Crippen LogP contribution >= 0.6 is 22.6 Å². The maximum atomic E-state index is 11.4. The first-order valence-corrected chi connectivity index (χ1v) is 5.41. The van der Waals surface area contributed by atoms with Crippen molar-refractivity contribution < 1.29 is 19.4 Å². The lowest BCUT2D eigenvalue weighted by Gasteiger charge is -2.08. The maximum Gasteiger partial charge on any atom is 0.338 e. The molecular weight excluding hydrogens is 311 g/mol. The molecule has 0 atom stereocenters. The van der Waals surface area contributed by atoms with Gasteiger partial charge < -0.3 is 14.6 Å². The van der Waals surface area contributed by atoms with Crippen LogP contribution in [0.5, 0.6) is 11.5 Å². The lowest BCUT2D eigenvalue weighted by molar-refractivity contribution is 0.0526. The third kappa shape index (κ3) is 2.74. The molecule has 0 spiro atoms. The molecule has 0 aliphatic carbocycles. The monoisotopic (exact) mass is 322 g/mol. The molecule has 1 aromatic carbocycles. The van der Waals surface area contributed by atoms with Gasteiger partial charge in [-0.2, -0.15) is 0 Å².